The van der Waals surface area contributed by atoms with Crippen molar-refractivity contribution in [2.75, 3.05) is 65.4 Å². The average Bonchev–Trinajstić information content (AvgIpc) is 3.87. The second kappa shape index (κ2) is 14.2. The summed E-state index contributed by atoms with van der Waals surface area (Å²) >= 11 is 5.99. The van der Waals surface area contributed by atoms with Crippen LogP contribution in [-0.4, -0.2) is 112 Å². The number of Topliss-reactive ketones (excluding diaryl/α,β-unsaturated/α-hetero) is 1. The zero-order chi connectivity index (χ0) is 31.0. The van der Waals surface area contributed by atoms with Crippen molar-refractivity contribution in [1.82, 2.24) is 34.5 Å². The largest absolute Gasteiger partial charge is 0.365 e. The molecule has 4 saturated heterocycles. The molecule has 7 rings (SSSR count). The first-order valence-corrected chi connectivity index (χ1v) is 16.4. The van der Waals surface area contributed by atoms with Crippen LogP contribution in [0.5, 0.6) is 0 Å². The molecular formula is C33H44Cl2FN7O2. The van der Waals surface area contributed by atoms with Gasteiger partial charge in [-0.2, -0.15) is 0 Å². The number of ketones is 2. The van der Waals surface area contributed by atoms with Crippen LogP contribution >= 0.6 is 24.0 Å². The first kappa shape index (κ1) is 33.4. The summed E-state index contributed by atoms with van der Waals surface area (Å²) in [6.45, 7) is 17.1. The lowest BCUT2D eigenvalue weighted by atomic mass is 9.97. The summed E-state index contributed by atoms with van der Waals surface area (Å²) in [6.07, 6.45) is 5.83. The number of allylic oxidation sites excluding steroid dienone is 1. The number of nitrogens with zero attached hydrogens (tertiary/aromatic N) is 6. The summed E-state index contributed by atoms with van der Waals surface area (Å²) in [7, 11) is 0. The fourth-order valence-electron chi connectivity index (χ4n) is 6.10. The minimum absolute atomic E-state index is 0. The van der Waals surface area contributed by atoms with Gasteiger partial charge in [-0.1, -0.05) is 18.5 Å². The number of halogens is 3. The van der Waals surface area contributed by atoms with Crippen molar-refractivity contribution in [3.05, 3.63) is 64.2 Å². The van der Waals surface area contributed by atoms with Gasteiger partial charge in [0, 0.05) is 82.2 Å². The Bertz CT molecular complexity index is 1470. The van der Waals surface area contributed by atoms with Crippen molar-refractivity contribution in [3.63, 3.8) is 0 Å². The molecule has 2 aromatic rings. The van der Waals surface area contributed by atoms with E-state index in [4.69, 9.17) is 16.6 Å². The van der Waals surface area contributed by atoms with Gasteiger partial charge in [-0.3, -0.25) is 14.5 Å². The molecule has 0 spiro atoms. The van der Waals surface area contributed by atoms with Crippen LogP contribution in [0.15, 0.2) is 47.6 Å². The molecular weight excluding hydrogens is 616 g/mol. The SMILES string of the molecule is CCN(CCn1cc(-c2ccc(F)c(Cl)c2)nc1C1CCNCC1)C(C)C.Cl.O=C1C=C(N2CC2)C(=O)C(N2CC2)=C1N1CC1. The van der Waals surface area contributed by atoms with Gasteiger partial charge in [0.25, 0.3) is 0 Å². The molecule has 0 saturated carbocycles. The summed E-state index contributed by atoms with van der Waals surface area (Å²) < 4.78 is 15.8. The molecule has 1 aromatic heterocycles. The van der Waals surface area contributed by atoms with Crippen LogP contribution in [-0.2, 0) is 16.1 Å². The summed E-state index contributed by atoms with van der Waals surface area (Å²) in [4.78, 5) is 37.9. The molecule has 1 N–H and O–H groups in total. The maximum atomic E-state index is 13.5. The number of aromatic nitrogens is 2. The minimum atomic E-state index is -0.394. The van der Waals surface area contributed by atoms with Crippen LogP contribution in [0.3, 0.4) is 0 Å². The number of hydrogen-bond acceptors (Lipinski definition) is 8. The second-order valence-corrected chi connectivity index (χ2v) is 12.8. The van der Waals surface area contributed by atoms with Gasteiger partial charge < -0.3 is 24.6 Å². The standard InChI is InChI=1S/C21H30ClFN4.C12H13N3O2.ClH/c1-4-26(15(2)3)11-12-27-14-20(17-5-6-19(23)18(22)13-17)25-21(27)16-7-9-24-10-8-16;16-9-7-8(13-1-2-13)12(17)11(15-5-6-15)10(9)14-3-4-14;/h5-6,13-16,24H,4,7-12H2,1-3H3;7H,1-6H2;1H. The lowest BCUT2D eigenvalue weighted by Gasteiger charge is -2.27. The van der Waals surface area contributed by atoms with Gasteiger partial charge in [0.2, 0.25) is 11.6 Å². The Kier molecular flexibility index (Phi) is 10.6. The molecule has 4 aliphatic heterocycles. The van der Waals surface area contributed by atoms with E-state index < -0.39 is 5.82 Å². The Hall–Kier alpha value is -2.92. The van der Waals surface area contributed by atoms with Crippen LogP contribution in [0.4, 0.5) is 4.39 Å². The number of rotatable bonds is 10. The van der Waals surface area contributed by atoms with Gasteiger partial charge >= 0.3 is 0 Å². The lowest BCUT2D eigenvalue weighted by molar-refractivity contribution is -0.117. The van der Waals surface area contributed by atoms with E-state index in [2.05, 4.69) is 41.8 Å². The molecule has 5 heterocycles. The number of hydrogen-bond donors (Lipinski definition) is 1. The summed E-state index contributed by atoms with van der Waals surface area (Å²) in [5, 5.41) is 3.57. The van der Waals surface area contributed by atoms with Crippen molar-refractivity contribution < 1.29 is 14.0 Å². The van der Waals surface area contributed by atoms with Gasteiger partial charge in [-0.05, 0) is 64.5 Å². The maximum Gasteiger partial charge on any atom is 0.227 e. The molecule has 45 heavy (non-hydrogen) atoms. The van der Waals surface area contributed by atoms with E-state index >= 15 is 0 Å². The monoisotopic (exact) mass is 659 g/mol. The number of imidazole rings is 1. The first-order chi connectivity index (χ1) is 21.2. The quantitative estimate of drug-likeness (QED) is 0.301. The van der Waals surface area contributed by atoms with Crippen LogP contribution < -0.4 is 5.32 Å². The minimum Gasteiger partial charge on any atom is -0.365 e. The summed E-state index contributed by atoms with van der Waals surface area (Å²) in [6, 6.07) is 5.36. The van der Waals surface area contributed by atoms with Crippen molar-refractivity contribution in [1.29, 1.82) is 0 Å². The van der Waals surface area contributed by atoms with Gasteiger partial charge in [-0.15, -0.1) is 12.4 Å². The smallest absolute Gasteiger partial charge is 0.227 e. The van der Waals surface area contributed by atoms with E-state index in [1.807, 2.05) is 14.7 Å². The van der Waals surface area contributed by atoms with E-state index in [-0.39, 0.29) is 29.0 Å². The van der Waals surface area contributed by atoms with E-state index in [9.17, 15) is 14.0 Å². The highest BCUT2D eigenvalue weighted by Crippen LogP contribution is 2.34. The predicted molar refractivity (Wildman–Crippen MR) is 177 cm³/mol. The molecule has 1 aliphatic carbocycles. The third kappa shape index (κ3) is 7.73. The number of nitrogens with one attached hydrogen (secondary N) is 1. The van der Waals surface area contributed by atoms with Crippen molar-refractivity contribution in [2.24, 2.45) is 0 Å². The normalized spacial score (nSPS) is 19.5. The van der Waals surface area contributed by atoms with Gasteiger partial charge in [0.15, 0.2) is 0 Å². The second-order valence-electron chi connectivity index (χ2n) is 12.4. The Labute approximate surface area is 276 Å². The predicted octanol–water partition coefficient (Wildman–Crippen LogP) is 4.14. The van der Waals surface area contributed by atoms with Crippen LogP contribution in [0.25, 0.3) is 11.3 Å². The zero-order valence-corrected chi connectivity index (χ0v) is 28.0. The van der Waals surface area contributed by atoms with E-state index in [1.165, 1.54) is 12.1 Å². The number of carbonyl (C=O) groups is 2. The molecule has 244 valence electrons. The fourth-order valence-corrected chi connectivity index (χ4v) is 6.28. The highest BCUT2D eigenvalue weighted by Gasteiger charge is 2.43. The topological polar surface area (TPSA) is 76.3 Å². The highest BCUT2D eigenvalue weighted by atomic mass is 35.5. The Morgan fingerprint density at radius 3 is 2.24 bits per heavy atom. The first-order valence-electron chi connectivity index (χ1n) is 16.0. The molecule has 5 aliphatic rings. The molecule has 0 amide bonds. The number of likely N-dealkylation sites (N-methyl/N-ethyl adjacent to an activating group) is 1. The lowest BCUT2D eigenvalue weighted by Crippen LogP contribution is -2.34. The number of benzene rings is 1. The summed E-state index contributed by atoms with van der Waals surface area (Å²) in [5.41, 5.74) is 3.63. The molecule has 9 nitrogen and oxygen atoms in total. The average molecular weight is 661 g/mol. The van der Waals surface area contributed by atoms with E-state index in [0.717, 1.165) is 102 Å². The number of carbonyl (C=O) groups excluding carboxylic acids is 2. The fraction of sp³-hybridized carbons (Fsp3) is 0.545. The molecule has 0 radical (unpaired) electrons. The van der Waals surface area contributed by atoms with Crippen LogP contribution in [0.2, 0.25) is 5.02 Å². The van der Waals surface area contributed by atoms with Gasteiger partial charge in [-0.25, -0.2) is 9.37 Å². The molecule has 0 atom stereocenters. The van der Waals surface area contributed by atoms with Gasteiger partial charge in [0.05, 0.1) is 16.4 Å². The van der Waals surface area contributed by atoms with Crippen molar-refractivity contribution in [3.8, 4) is 11.3 Å². The molecule has 1 aromatic carbocycles. The molecule has 4 fully saturated rings. The molecule has 0 unspecified atom stereocenters. The van der Waals surface area contributed by atoms with E-state index in [0.29, 0.717) is 29.1 Å². The third-order valence-corrected chi connectivity index (χ3v) is 9.27. The van der Waals surface area contributed by atoms with Gasteiger partial charge in [0.1, 0.15) is 23.0 Å². The Morgan fingerprint density at radius 2 is 1.67 bits per heavy atom. The summed E-state index contributed by atoms with van der Waals surface area (Å²) in [5.74, 6) is 1.26. The zero-order valence-electron chi connectivity index (χ0n) is 26.4. The molecule has 12 heteroatoms. The van der Waals surface area contributed by atoms with Crippen molar-refractivity contribution >= 4 is 35.6 Å². The van der Waals surface area contributed by atoms with Crippen LogP contribution in [0, 0.1) is 5.82 Å². The number of piperidine rings is 1. The highest BCUT2D eigenvalue weighted by molar-refractivity contribution is 6.31. The van der Waals surface area contributed by atoms with Crippen molar-refractivity contribution in [2.45, 2.75) is 52.1 Å². The maximum absolute atomic E-state index is 13.5. The Morgan fingerprint density at radius 1 is 1.02 bits per heavy atom. The third-order valence-electron chi connectivity index (χ3n) is 8.98. The Balaban J connectivity index is 0.000000190. The van der Waals surface area contributed by atoms with E-state index in [1.54, 1.807) is 12.1 Å². The van der Waals surface area contributed by atoms with Crippen LogP contribution in [0.1, 0.15) is 45.4 Å². The molecule has 0 bridgehead atoms.